The molecule has 1 heterocycles. The summed E-state index contributed by atoms with van der Waals surface area (Å²) in [4.78, 5) is 0. The van der Waals surface area contributed by atoms with Crippen LogP contribution in [0.5, 0.6) is 11.5 Å². The van der Waals surface area contributed by atoms with Gasteiger partial charge in [0.2, 0.25) is 10.0 Å². The molecular formula is C10H14N2O6S2. The third-order valence-corrected chi connectivity index (χ3v) is 5.83. The van der Waals surface area contributed by atoms with Crippen LogP contribution >= 0.6 is 0 Å². The zero-order valence-corrected chi connectivity index (χ0v) is 12.3. The Bertz CT molecular complexity index is 726. The molecule has 0 amide bonds. The number of anilines is 2. The van der Waals surface area contributed by atoms with Gasteiger partial charge in [0.05, 0.1) is 11.4 Å². The first-order valence-electron chi connectivity index (χ1n) is 5.54. The van der Waals surface area contributed by atoms with Crippen LogP contribution in [0.3, 0.4) is 0 Å². The molecule has 20 heavy (non-hydrogen) atoms. The number of rotatable bonds is 4. The van der Waals surface area contributed by atoms with E-state index in [1.54, 1.807) is 0 Å². The van der Waals surface area contributed by atoms with E-state index in [1.807, 2.05) is 0 Å². The van der Waals surface area contributed by atoms with Gasteiger partial charge in [-0.3, -0.25) is 4.72 Å². The number of nitrogen functional groups attached to an aromatic ring is 1. The van der Waals surface area contributed by atoms with Gasteiger partial charge in [0.15, 0.2) is 26.4 Å². The minimum Gasteiger partial charge on any atom is -0.486 e. The Morgan fingerprint density at radius 2 is 1.70 bits per heavy atom. The summed E-state index contributed by atoms with van der Waals surface area (Å²) < 4.78 is 58.3. The number of nitrogens with one attached hydrogen (secondary N) is 1. The molecule has 10 heteroatoms. The Labute approximate surface area is 116 Å². The van der Waals surface area contributed by atoms with Gasteiger partial charge >= 0.3 is 0 Å². The SMILES string of the molecule is CS(=O)(=O)CS(=O)(=O)Nc1cc2c(cc1N)OCCO2. The molecule has 1 aliphatic rings. The van der Waals surface area contributed by atoms with Crippen molar-refractivity contribution in [1.29, 1.82) is 0 Å². The molecule has 0 aromatic heterocycles. The molecule has 3 N–H and O–H groups in total. The van der Waals surface area contributed by atoms with Gasteiger partial charge in [0.25, 0.3) is 0 Å². The average molecular weight is 322 g/mol. The predicted octanol–water partition coefficient (Wildman–Crippen LogP) is -0.216. The van der Waals surface area contributed by atoms with Crippen molar-refractivity contribution >= 4 is 31.2 Å². The Morgan fingerprint density at radius 3 is 2.25 bits per heavy atom. The molecule has 0 saturated carbocycles. The largest absolute Gasteiger partial charge is 0.486 e. The van der Waals surface area contributed by atoms with Gasteiger partial charge in [0, 0.05) is 18.4 Å². The Kier molecular flexibility index (Phi) is 3.69. The van der Waals surface area contributed by atoms with E-state index in [2.05, 4.69) is 4.72 Å². The minimum absolute atomic E-state index is 0.0536. The van der Waals surface area contributed by atoms with Gasteiger partial charge in [-0.05, 0) is 0 Å². The molecule has 0 fully saturated rings. The molecule has 0 unspecified atom stereocenters. The second-order valence-electron chi connectivity index (χ2n) is 4.34. The van der Waals surface area contributed by atoms with E-state index in [9.17, 15) is 16.8 Å². The maximum Gasteiger partial charge on any atom is 0.247 e. The van der Waals surface area contributed by atoms with Crippen LogP contribution in [0.2, 0.25) is 0 Å². The van der Waals surface area contributed by atoms with Crippen molar-refractivity contribution in [2.24, 2.45) is 0 Å². The first-order chi connectivity index (χ1) is 9.16. The van der Waals surface area contributed by atoms with Crippen molar-refractivity contribution in [1.82, 2.24) is 0 Å². The molecule has 0 radical (unpaired) electrons. The number of fused-ring (bicyclic) bond motifs is 1. The Morgan fingerprint density at radius 1 is 1.15 bits per heavy atom. The van der Waals surface area contributed by atoms with Gasteiger partial charge in [-0.25, -0.2) is 16.8 Å². The zero-order chi connectivity index (χ0) is 15.0. The summed E-state index contributed by atoms with van der Waals surface area (Å²) in [5.41, 5.74) is 5.87. The van der Waals surface area contributed by atoms with Gasteiger partial charge in [-0.1, -0.05) is 0 Å². The van der Waals surface area contributed by atoms with Gasteiger partial charge in [-0.15, -0.1) is 0 Å². The predicted molar refractivity (Wildman–Crippen MR) is 74.1 cm³/mol. The maximum absolute atomic E-state index is 11.7. The molecule has 112 valence electrons. The second-order valence-corrected chi connectivity index (χ2v) is 8.57. The Balaban J connectivity index is 2.30. The highest BCUT2D eigenvalue weighted by Crippen LogP contribution is 2.37. The van der Waals surface area contributed by atoms with Gasteiger partial charge in [0.1, 0.15) is 13.2 Å². The van der Waals surface area contributed by atoms with Crippen molar-refractivity contribution in [2.75, 3.05) is 35.0 Å². The highest BCUT2D eigenvalue weighted by Gasteiger charge is 2.21. The first-order valence-corrected chi connectivity index (χ1v) is 9.25. The Hall–Kier alpha value is -1.68. The molecule has 2 rings (SSSR count). The van der Waals surface area contributed by atoms with E-state index < -0.39 is 24.9 Å². The fourth-order valence-electron chi connectivity index (χ4n) is 1.67. The summed E-state index contributed by atoms with van der Waals surface area (Å²) in [6.45, 7) is 0.720. The van der Waals surface area contributed by atoms with Crippen molar-refractivity contribution in [3.8, 4) is 11.5 Å². The molecule has 1 aromatic rings. The van der Waals surface area contributed by atoms with Crippen LogP contribution in [0.15, 0.2) is 12.1 Å². The van der Waals surface area contributed by atoms with E-state index in [-0.39, 0.29) is 11.4 Å². The van der Waals surface area contributed by atoms with Crippen LogP contribution in [0.1, 0.15) is 0 Å². The number of sulfonamides is 1. The highest BCUT2D eigenvalue weighted by atomic mass is 32.3. The van der Waals surface area contributed by atoms with E-state index >= 15 is 0 Å². The molecule has 0 atom stereocenters. The number of ether oxygens (including phenoxy) is 2. The fourth-order valence-corrected chi connectivity index (χ4v) is 4.67. The number of benzene rings is 1. The third kappa shape index (κ3) is 3.67. The number of hydrogen-bond donors (Lipinski definition) is 2. The minimum atomic E-state index is -4.06. The number of sulfone groups is 1. The van der Waals surface area contributed by atoms with Crippen LogP contribution in [0.4, 0.5) is 11.4 Å². The molecule has 0 spiro atoms. The standard InChI is InChI=1S/C10H14N2O6S2/c1-19(13,14)6-20(15,16)12-8-5-10-9(4-7(8)11)17-2-3-18-10/h4-5,12H,2-3,6,11H2,1H3. The van der Waals surface area contributed by atoms with E-state index in [0.717, 1.165) is 6.26 Å². The van der Waals surface area contributed by atoms with Crippen molar-refractivity contribution in [3.05, 3.63) is 12.1 Å². The van der Waals surface area contributed by atoms with Crippen LogP contribution < -0.4 is 19.9 Å². The summed E-state index contributed by atoms with van der Waals surface area (Å²) in [7, 11) is -7.74. The maximum atomic E-state index is 11.7. The summed E-state index contributed by atoms with van der Waals surface area (Å²) in [6.07, 6.45) is 0.833. The van der Waals surface area contributed by atoms with Crippen LogP contribution in [-0.4, -0.2) is 41.4 Å². The molecule has 0 bridgehead atoms. The van der Waals surface area contributed by atoms with Gasteiger partial charge < -0.3 is 15.2 Å². The molecule has 1 aliphatic heterocycles. The van der Waals surface area contributed by atoms with Crippen LogP contribution in [0, 0.1) is 0 Å². The second kappa shape index (κ2) is 5.02. The summed E-state index contributed by atoms with van der Waals surface area (Å²) in [5, 5.41) is -1.02. The molecule has 8 nitrogen and oxygen atoms in total. The van der Waals surface area contributed by atoms with E-state index in [4.69, 9.17) is 15.2 Å². The van der Waals surface area contributed by atoms with Crippen molar-refractivity contribution in [3.63, 3.8) is 0 Å². The lowest BCUT2D eigenvalue weighted by molar-refractivity contribution is 0.172. The molecule has 0 saturated heterocycles. The van der Waals surface area contributed by atoms with E-state index in [0.29, 0.717) is 24.7 Å². The third-order valence-electron chi connectivity index (χ3n) is 2.35. The lowest BCUT2D eigenvalue weighted by Crippen LogP contribution is -2.23. The smallest absolute Gasteiger partial charge is 0.247 e. The highest BCUT2D eigenvalue weighted by molar-refractivity contribution is 8.08. The quantitative estimate of drug-likeness (QED) is 0.734. The van der Waals surface area contributed by atoms with Crippen molar-refractivity contribution in [2.45, 2.75) is 0 Å². The summed E-state index contributed by atoms with van der Waals surface area (Å²) in [5.74, 6) is 0.766. The summed E-state index contributed by atoms with van der Waals surface area (Å²) >= 11 is 0. The van der Waals surface area contributed by atoms with E-state index in [1.165, 1.54) is 12.1 Å². The van der Waals surface area contributed by atoms with Gasteiger partial charge in [-0.2, -0.15) is 0 Å². The normalized spacial score (nSPS) is 14.8. The average Bonchev–Trinajstić information content (AvgIpc) is 2.26. The molecular weight excluding hydrogens is 308 g/mol. The topological polar surface area (TPSA) is 125 Å². The number of nitrogens with two attached hydrogens (primary N) is 1. The molecule has 1 aromatic carbocycles. The van der Waals surface area contributed by atoms with Crippen molar-refractivity contribution < 1.29 is 26.3 Å². The van der Waals surface area contributed by atoms with Crippen LogP contribution in [0.25, 0.3) is 0 Å². The monoisotopic (exact) mass is 322 g/mol. The van der Waals surface area contributed by atoms with Crippen LogP contribution in [-0.2, 0) is 19.9 Å². The lowest BCUT2D eigenvalue weighted by Gasteiger charge is -2.20. The fraction of sp³-hybridized carbons (Fsp3) is 0.400. The molecule has 0 aliphatic carbocycles. The summed E-state index contributed by atoms with van der Waals surface area (Å²) in [6, 6.07) is 2.79. The zero-order valence-electron chi connectivity index (χ0n) is 10.6. The number of hydrogen-bond acceptors (Lipinski definition) is 7. The first kappa shape index (κ1) is 14.7. The lowest BCUT2D eigenvalue weighted by atomic mass is 10.2.